The lowest BCUT2D eigenvalue weighted by molar-refractivity contribution is 0.0895. The highest BCUT2D eigenvalue weighted by atomic mass is 16.5. The molecule has 1 amide bonds. The van der Waals surface area contributed by atoms with Crippen molar-refractivity contribution in [2.24, 2.45) is 0 Å². The third kappa shape index (κ3) is 4.31. The second-order valence-electron chi connectivity index (χ2n) is 6.04. The maximum absolute atomic E-state index is 12.2. The molecule has 1 N–H and O–H groups in total. The van der Waals surface area contributed by atoms with E-state index in [9.17, 15) is 4.79 Å². The van der Waals surface area contributed by atoms with E-state index in [2.05, 4.69) is 5.32 Å². The van der Waals surface area contributed by atoms with E-state index in [-0.39, 0.29) is 18.6 Å². The Labute approximate surface area is 141 Å². The predicted octanol–water partition coefficient (Wildman–Crippen LogP) is 3.93. The number of methoxy groups -OCH3 is 1. The molecule has 0 bridgehead atoms. The van der Waals surface area contributed by atoms with Gasteiger partial charge in [-0.3, -0.25) is 4.79 Å². The van der Waals surface area contributed by atoms with Gasteiger partial charge in [-0.15, -0.1) is 0 Å². The molecule has 0 unspecified atom stereocenters. The minimum atomic E-state index is -0.144. The number of furan rings is 1. The summed E-state index contributed by atoms with van der Waals surface area (Å²) in [6.45, 7) is 0.268. The molecule has 2 aromatic rings. The first kappa shape index (κ1) is 16.4. The monoisotopic (exact) mass is 329 g/mol. The van der Waals surface area contributed by atoms with Gasteiger partial charge in [0.1, 0.15) is 23.9 Å². The predicted molar refractivity (Wildman–Crippen MR) is 90.4 cm³/mol. The summed E-state index contributed by atoms with van der Waals surface area (Å²) >= 11 is 0. The van der Waals surface area contributed by atoms with E-state index >= 15 is 0 Å². The molecule has 1 aliphatic carbocycles. The minimum Gasteiger partial charge on any atom is -0.497 e. The second-order valence-corrected chi connectivity index (χ2v) is 6.04. The molecule has 128 valence electrons. The number of hydrogen-bond acceptors (Lipinski definition) is 4. The first-order valence-corrected chi connectivity index (χ1v) is 8.41. The largest absolute Gasteiger partial charge is 0.497 e. The Kier molecular flexibility index (Phi) is 5.41. The molecule has 0 spiro atoms. The van der Waals surface area contributed by atoms with Crippen LogP contribution in [0.25, 0.3) is 0 Å². The van der Waals surface area contributed by atoms with Crippen LogP contribution in [-0.4, -0.2) is 19.1 Å². The van der Waals surface area contributed by atoms with E-state index in [4.69, 9.17) is 13.9 Å². The standard InChI is InChI=1S/C19H23NO4/c1-22-15-8-5-9-16(12-15)23-13-17-10-11-18(24-17)19(21)20-14-6-3-2-4-7-14/h5,8-12,14H,2-4,6-7,13H2,1H3,(H,20,21). The lowest BCUT2D eigenvalue weighted by Gasteiger charge is -2.22. The van der Waals surface area contributed by atoms with Gasteiger partial charge in [0.05, 0.1) is 7.11 Å². The number of ether oxygens (including phenoxy) is 2. The molecule has 0 radical (unpaired) electrons. The van der Waals surface area contributed by atoms with E-state index in [0.29, 0.717) is 17.3 Å². The van der Waals surface area contributed by atoms with Crippen molar-refractivity contribution in [3.8, 4) is 11.5 Å². The van der Waals surface area contributed by atoms with Crippen LogP contribution in [-0.2, 0) is 6.61 Å². The average Bonchev–Trinajstić information content (AvgIpc) is 3.10. The lowest BCUT2D eigenvalue weighted by Crippen LogP contribution is -2.35. The first-order valence-electron chi connectivity index (χ1n) is 8.41. The molecule has 1 aliphatic rings. The van der Waals surface area contributed by atoms with Gasteiger partial charge < -0.3 is 19.2 Å². The van der Waals surface area contributed by atoms with Gasteiger partial charge in [0.15, 0.2) is 5.76 Å². The number of hydrogen-bond donors (Lipinski definition) is 1. The summed E-state index contributed by atoms with van der Waals surface area (Å²) in [5.41, 5.74) is 0. The fourth-order valence-corrected chi connectivity index (χ4v) is 2.93. The van der Waals surface area contributed by atoms with Crippen LogP contribution < -0.4 is 14.8 Å². The zero-order chi connectivity index (χ0) is 16.8. The molecule has 5 nitrogen and oxygen atoms in total. The second kappa shape index (κ2) is 7.90. The van der Waals surface area contributed by atoms with Crippen molar-refractivity contribution in [3.63, 3.8) is 0 Å². The van der Waals surface area contributed by atoms with Crippen LogP contribution in [0.3, 0.4) is 0 Å². The van der Waals surface area contributed by atoms with Crippen LogP contribution in [0.1, 0.15) is 48.4 Å². The van der Waals surface area contributed by atoms with Gasteiger partial charge >= 0.3 is 0 Å². The Morgan fingerprint density at radius 1 is 1.17 bits per heavy atom. The van der Waals surface area contributed by atoms with E-state index in [1.54, 1.807) is 25.3 Å². The Hall–Kier alpha value is -2.43. The Morgan fingerprint density at radius 3 is 2.75 bits per heavy atom. The summed E-state index contributed by atoms with van der Waals surface area (Å²) in [5.74, 6) is 2.24. The highest BCUT2D eigenvalue weighted by molar-refractivity contribution is 5.91. The number of carbonyl (C=O) groups is 1. The van der Waals surface area contributed by atoms with Crippen molar-refractivity contribution < 1.29 is 18.7 Å². The molecule has 1 saturated carbocycles. The van der Waals surface area contributed by atoms with Crippen molar-refractivity contribution in [1.29, 1.82) is 0 Å². The Balaban J connectivity index is 1.53. The van der Waals surface area contributed by atoms with Crippen LogP contribution >= 0.6 is 0 Å². The van der Waals surface area contributed by atoms with Gasteiger partial charge in [-0.2, -0.15) is 0 Å². The van der Waals surface area contributed by atoms with Gasteiger partial charge in [0.2, 0.25) is 0 Å². The highest BCUT2D eigenvalue weighted by Crippen LogP contribution is 2.21. The van der Waals surface area contributed by atoms with Gasteiger partial charge in [-0.25, -0.2) is 0 Å². The van der Waals surface area contributed by atoms with Crippen molar-refractivity contribution >= 4 is 5.91 Å². The van der Waals surface area contributed by atoms with Crippen LogP contribution in [0, 0.1) is 0 Å². The summed E-state index contributed by atoms with van der Waals surface area (Å²) in [7, 11) is 1.61. The third-order valence-electron chi connectivity index (χ3n) is 4.25. The van der Waals surface area contributed by atoms with E-state index in [1.807, 2.05) is 18.2 Å². The summed E-state index contributed by atoms with van der Waals surface area (Å²) in [6.07, 6.45) is 5.74. The molecule has 1 heterocycles. The van der Waals surface area contributed by atoms with Crippen molar-refractivity contribution in [2.75, 3.05) is 7.11 Å². The number of nitrogens with one attached hydrogen (secondary N) is 1. The third-order valence-corrected chi connectivity index (χ3v) is 4.25. The van der Waals surface area contributed by atoms with Gasteiger partial charge in [0.25, 0.3) is 5.91 Å². The van der Waals surface area contributed by atoms with Crippen molar-refractivity contribution in [3.05, 3.63) is 47.9 Å². The normalized spacial score (nSPS) is 15.0. The number of carbonyl (C=O) groups excluding carboxylic acids is 1. The summed E-state index contributed by atoms with van der Waals surface area (Å²) in [4.78, 5) is 12.2. The minimum absolute atomic E-state index is 0.144. The van der Waals surface area contributed by atoms with Gasteiger partial charge in [0, 0.05) is 12.1 Å². The van der Waals surface area contributed by atoms with Crippen molar-refractivity contribution in [1.82, 2.24) is 5.32 Å². The quantitative estimate of drug-likeness (QED) is 0.872. The summed E-state index contributed by atoms with van der Waals surface area (Å²) in [6, 6.07) is 11.1. The molecule has 0 saturated heterocycles. The molecule has 0 aliphatic heterocycles. The highest BCUT2D eigenvalue weighted by Gasteiger charge is 2.18. The van der Waals surface area contributed by atoms with E-state index < -0.39 is 0 Å². The number of benzene rings is 1. The van der Waals surface area contributed by atoms with Crippen LogP contribution in [0.2, 0.25) is 0 Å². The van der Waals surface area contributed by atoms with Crippen LogP contribution in [0.4, 0.5) is 0 Å². The summed E-state index contributed by atoms with van der Waals surface area (Å²) in [5, 5.41) is 3.05. The zero-order valence-electron chi connectivity index (χ0n) is 13.9. The van der Waals surface area contributed by atoms with Gasteiger partial charge in [-0.1, -0.05) is 25.3 Å². The van der Waals surface area contributed by atoms with Gasteiger partial charge in [-0.05, 0) is 37.1 Å². The number of amides is 1. The molecule has 5 heteroatoms. The molecule has 0 atom stereocenters. The topological polar surface area (TPSA) is 60.7 Å². The number of rotatable bonds is 6. The Bertz CT molecular complexity index is 674. The van der Waals surface area contributed by atoms with Crippen LogP contribution in [0.15, 0.2) is 40.8 Å². The smallest absolute Gasteiger partial charge is 0.287 e. The fraction of sp³-hybridized carbons (Fsp3) is 0.421. The molecular formula is C19H23NO4. The van der Waals surface area contributed by atoms with E-state index in [1.165, 1.54) is 19.3 Å². The average molecular weight is 329 g/mol. The molecule has 3 rings (SSSR count). The molecule has 1 aromatic heterocycles. The van der Waals surface area contributed by atoms with Crippen molar-refractivity contribution in [2.45, 2.75) is 44.8 Å². The molecular weight excluding hydrogens is 306 g/mol. The maximum atomic E-state index is 12.2. The SMILES string of the molecule is COc1cccc(OCc2ccc(C(=O)NC3CCCCC3)o2)c1. The molecule has 1 fully saturated rings. The lowest BCUT2D eigenvalue weighted by atomic mass is 9.95. The first-order chi connectivity index (χ1) is 11.7. The van der Waals surface area contributed by atoms with Crippen LogP contribution in [0.5, 0.6) is 11.5 Å². The Morgan fingerprint density at radius 2 is 1.96 bits per heavy atom. The molecule has 24 heavy (non-hydrogen) atoms. The van der Waals surface area contributed by atoms with E-state index in [0.717, 1.165) is 18.6 Å². The fourth-order valence-electron chi connectivity index (χ4n) is 2.93. The maximum Gasteiger partial charge on any atom is 0.287 e. The zero-order valence-corrected chi connectivity index (χ0v) is 13.9. The molecule has 1 aromatic carbocycles. The summed E-state index contributed by atoms with van der Waals surface area (Å²) < 4.78 is 16.4.